The maximum atomic E-state index is 12.9. The second-order valence-corrected chi connectivity index (χ2v) is 5.32. The van der Waals surface area contributed by atoms with E-state index in [-0.39, 0.29) is 17.8 Å². The average Bonchev–Trinajstić information content (AvgIpc) is 2.49. The van der Waals surface area contributed by atoms with Crippen LogP contribution in [0.3, 0.4) is 0 Å². The van der Waals surface area contributed by atoms with Crippen molar-refractivity contribution in [1.82, 2.24) is 5.32 Å². The van der Waals surface area contributed by atoms with E-state index in [2.05, 4.69) is 12.2 Å². The minimum atomic E-state index is -0.240. The molecule has 0 fully saturated rings. The third-order valence-corrected chi connectivity index (χ3v) is 3.50. The van der Waals surface area contributed by atoms with Gasteiger partial charge in [-0.1, -0.05) is 38.3 Å². The van der Waals surface area contributed by atoms with Gasteiger partial charge in [-0.15, -0.1) is 0 Å². The molecule has 0 aromatic heterocycles. The van der Waals surface area contributed by atoms with Gasteiger partial charge in [-0.3, -0.25) is 4.79 Å². The zero-order valence-corrected chi connectivity index (χ0v) is 13.0. The first-order valence-corrected chi connectivity index (χ1v) is 7.70. The molecule has 4 heteroatoms. The Labute approximate surface area is 126 Å². The molecule has 118 valence electrons. The fraction of sp³-hybridized carbons (Fsp3) is 0.588. The van der Waals surface area contributed by atoms with Gasteiger partial charge in [0.25, 0.3) is 0 Å². The van der Waals surface area contributed by atoms with Crippen LogP contribution in [-0.2, 0) is 16.0 Å². The molecule has 0 heterocycles. The Morgan fingerprint density at radius 2 is 1.95 bits per heavy atom. The molecule has 1 atom stereocenters. The van der Waals surface area contributed by atoms with Crippen molar-refractivity contribution >= 4 is 5.97 Å². The summed E-state index contributed by atoms with van der Waals surface area (Å²) in [6.07, 6.45) is 5.78. The summed E-state index contributed by atoms with van der Waals surface area (Å²) in [6.45, 7) is 3.07. The lowest BCUT2D eigenvalue weighted by molar-refractivity contribution is -0.141. The van der Waals surface area contributed by atoms with Gasteiger partial charge in [-0.05, 0) is 37.1 Å². The predicted molar refractivity (Wildman–Crippen MR) is 82.7 cm³/mol. The Bertz CT molecular complexity index is 406. The van der Waals surface area contributed by atoms with Gasteiger partial charge in [0, 0.05) is 6.04 Å². The van der Waals surface area contributed by atoms with Crippen molar-refractivity contribution in [2.75, 3.05) is 13.7 Å². The largest absolute Gasteiger partial charge is 0.469 e. The van der Waals surface area contributed by atoms with Crippen LogP contribution in [0.15, 0.2) is 24.3 Å². The Hall–Kier alpha value is -1.42. The minimum absolute atomic E-state index is 0.0320. The molecule has 0 aliphatic carbocycles. The Morgan fingerprint density at radius 1 is 1.24 bits per heavy atom. The number of carbonyl (C=O) groups is 1. The lowest BCUT2D eigenvalue weighted by atomic mass is 10.0. The molecule has 0 spiro atoms. The predicted octanol–water partition coefficient (Wildman–Crippen LogP) is 3.47. The SMILES string of the molecule is CCCCCCNC(CC(=O)OC)Cc1ccc(F)cc1. The molecular weight excluding hydrogens is 269 g/mol. The van der Waals surface area contributed by atoms with E-state index in [1.807, 2.05) is 0 Å². The number of halogens is 1. The molecule has 1 aromatic carbocycles. The van der Waals surface area contributed by atoms with Crippen LogP contribution in [0.4, 0.5) is 4.39 Å². The first-order valence-electron chi connectivity index (χ1n) is 7.70. The zero-order chi connectivity index (χ0) is 15.5. The fourth-order valence-electron chi connectivity index (χ4n) is 2.26. The van der Waals surface area contributed by atoms with Crippen LogP contribution in [-0.4, -0.2) is 25.7 Å². The summed E-state index contributed by atoms with van der Waals surface area (Å²) in [5.41, 5.74) is 1.02. The molecule has 0 aliphatic rings. The first-order chi connectivity index (χ1) is 10.2. The van der Waals surface area contributed by atoms with Crippen molar-refractivity contribution in [2.45, 2.75) is 51.5 Å². The highest BCUT2D eigenvalue weighted by atomic mass is 19.1. The van der Waals surface area contributed by atoms with Crippen molar-refractivity contribution in [3.05, 3.63) is 35.6 Å². The van der Waals surface area contributed by atoms with Crippen molar-refractivity contribution in [3.8, 4) is 0 Å². The third-order valence-electron chi connectivity index (χ3n) is 3.50. The molecule has 0 saturated heterocycles. The maximum Gasteiger partial charge on any atom is 0.307 e. The number of hydrogen-bond donors (Lipinski definition) is 1. The highest BCUT2D eigenvalue weighted by Gasteiger charge is 2.14. The first kappa shape index (κ1) is 17.6. The lowest BCUT2D eigenvalue weighted by Crippen LogP contribution is -2.34. The van der Waals surface area contributed by atoms with E-state index in [0.717, 1.165) is 18.5 Å². The normalized spacial score (nSPS) is 12.1. The van der Waals surface area contributed by atoms with E-state index in [1.54, 1.807) is 12.1 Å². The molecular formula is C17H26FNO2. The zero-order valence-electron chi connectivity index (χ0n) is 13.0. The summed E-state index contributed by atoms with van der Waals surface area (Å²) in [5, 5.41) is 3.41. The maximum absolute atomic E-state index is 12.9. The fourth-order valence-corrected chi connectivity index (χ4v) is 2.26. The van der Waals surface area contributed by atoms with Crippen molar-refractivity contribution in [1.29, 1.82) is 0 Å². The third kappa shape index (κ3) is 7.81. The molecule has 0 amide bonds. The van der Waals surface area contributed by atoms with E-state index in [0.29, 0.717) is 12.8 Å². The van der Waals surface area contributed by atoms with Gasteiger partial charge in [0.05, 0.1) is 13.5 Å². The van der Waals surface area contributed by atoms with E-state index in [1.165, 1.54) is 38.5 Å². The van der Waals surface area contributed by atoms with E-state index in [9.17, 15) is 9.18 Å². The summed E-state index contributed by atoms with van der Waals surface area (Å²) in [6, 6.07) is 6.46. The molecule has 1 N–H and O–H groups in total. The van der Waals surface area contributed by atoms with Crippen LogP contribution < -0.4 is 5.32 Å². The van der Waals surface area contributed by atoms with Crippen LogP contribution in [0.25, 0.3) is 0 Å². The molecule has 0 bridgehead atoms. The number of benzene rings is 1. The molecule has 0 aliphatic heterocycles. The number of nitrogens with one attached hydrogen (secondary N) is 1. The quantitative estimate of drug-likeness (QED) is 0.530. The summed E-state index contributed by atoms with van der Waals surface area (Å²) < 4.78 is 17.7. The number of carbonyl (C=O) groups excluding carboxylic acids is 1. The average molecular weight is 295 g/mol. The van der Waals surface area contributed by atoms with Gasteiger partial charge < -0.3 is 10.1 Å². The molecule has 21 heavy (non-hydrogen) atoms. The lowest BCUT2D eigenvalue weighted by Gasteiger charge is -2.18. The minimum Gasteiger partial charge on any atom is -0.469 e. The van der Waals surface area contributed by atoms with Crippen LogP contribution in [0, 0.1) is 5.82 Å². The van der Waals surface area contributed by atoms with Crippen molar-refractivity contribution in [2.24, 2.45) is 0 Å². The van der Waals surface area contributed by atoms with Gasteiger partial charge in [0.15, 0.2) is 0 Å². The summed E-state index contributed by atoms with van der Waals surface area (Å²) in [7, 11) is 1.40. The smallest absolute Gasteiger partial charge is 0.307 e. The molecule has 1 rings (SSSR count). The van der Waals surface area contributed by atoms with Gasteiger partial charge in [-0.2, -0.15) is 0 Å². The van der Waals surface area contributed by atoms with E-state index < -0.39 is 0 Å². The Kier molecular flexibility index (Phi) is 8.67. The highest BCUT2D eigenvalue weighted by Crippen LogP contribution is 2.09. The monoisotopic (exact) mass is 295 g/mol. The summed E-state index contributed by atoms with van der Waals surface area (Å²) in [4.78, 5) is 11.5. The Morgan fingerprint density at radius 3 is 2.57 bits per heavy atom. The van der Waals surface area contributed by atoms with Crippen LogP contribution in [0.1, 0.15) is 44.6 Å². The van der Waals surface area contributed by atoms with Crippen LogP contribution >= 0.6 is 0 Å². The van der Waals surface area contributed by atoms with Gasteiger partial charge >= 0.3 is 5.97 Å². The van der Waals surface area contributed by atoms with Crippen molar-refractivity contribution < 1.29 is 13.9 Å². The van der Waals surface area contributed by atoms with Crippen LogP contribution in [0.5, 0.6) is 0 Å². The second kappa shape index (κ2) is 10.3. The molecule has 1 aromatic rings. The van der Waals surface area contributed by atoms with Gasteiger partial charge in [0.1, 0.15) is 5.82 Å². The number of rotatable bonds is 10. The Balaban J connectivity index is 2.47. The second-order valence-electron chi connectivity index (χ2n) is 5.32. The topological polar surface area (TPSA) is 38.3 Å². The number of methoxy groups -OCH3 is 1. The molecule has 1 unspecified atom stereocenters. The number of hydrogen-bond acceptors (Lipinski definition) is 3. The highest BCUT2D eigenvalue weighted by molar-refractivity contribution is 5.69. The molecule has 0 saturated carbocycles. The van der Waals surface area contributed by atoms with Gasteiger partial charge in [-0.25, -0.2) is 4.39 Å². The number of esters is 1. The number of ether oxygens (including phenoxy) is 1. The number of unbranched alkanes of at least 4 members (excludes halogenated alkanes) is 3. The molecule has 0 radical (unpaired) electrons. The molecule has 3 nitrogen and oxygen atoms in total. The van der Waals surface area contributed by atoms with Crippen LogP contribution in [0.2, 0.25) is 0 Å². The standard InChI is InChI=1S/C17H26FNO2/c1-3-4-5-6-11-19-16(13-17(20)21-2)12-14-7-9-15(18)10-8-14/h7-10,16,19H,3-6,11-13H2,1-2H3. The van der Waals surface area contributed by atoms with E-state index in [4.69, 9.17) is 4.74 Å². The van der Waals surface area contributed by atoms with Gasteiger partial charge in [0.2, 0.25) is 0 Å². The summed E-state index contributed by atoms with van der Waals surface area (Å²) in [5.74, 6) is -0.459. The van der Waals surface area contributed by atoms with Crippen molar-refractivity contribution in [3.63, 3.8) is 0 Å². The van der Waals surface area contributed by atoms with E-state index >= 15 is 0 Å². The summed E-state index contributed by atoms with van der Waals surface area (Å²) >= 11 is 0.